The lowest BCUT2D eigenvalue weighted by molar-refractivity contribution is 0.588. The summed E-state index contributed by atoms with van der Waals surface area (Å²) in [6.45, 7) is 0. The van der Waals surface area contributed by atoms with Crippen molar-refractivity contribution in [3.8, 4) is 11.1 Å². The fourth-order valence-electron chi connectivity index (χ4n) is 6.43. The van der Waals surface area contributed by atoms with Crippen molar-refractivity contribution in [1.29, 1.82) is 0 Å². The van der Waals surface area contributed by atoms with Crippen molar-refractivity contribution in [3.05, 3.63) is 186 Å². The van der Waals surface area contributed by atoms with E-state index in [1.165, 1.54) is 33.4 Å². The van der Waals surface area contributed by atoms with Gasteiger partial charge in [0.1, 0.15) is 0 Å². The fraction of sp³-hybridized carbons (Fsp3) is 0.0526. The zero-order chi connectivity index (χ0) is 27.7. The van der Waals surface area contributed by atoms with Crippen molar-refractivity contribution in [2.45, 2.75) is 5.41 Å². The van der Waals surface area contributed by atoms with Crippen LogP contribution in [0.25, 0.3) is 11.1 Å². The van der Waals surface area contributed by atoms with E-state index in [1.807, 2.05) is 60.7 Å². The molecule has 0 heterocycles. The zero-order valence-electron chi connectivity index (χ0n) is 22.7. The molecule has 0 fully saturated rings. The van der Waals surface area contributed by atoms with E-state index >= 15 is 0 Å². The van der Waals surface area contributed by atoms with Crippen LogP contribution in [0.2, 0.25) is 0 Å². The zero-order valence-corrected chi connectivity index (χ0v) is 23.5. The first kappa shape index (κ1) is 25.3. The largest absolute Gasteiger partial charge is 0.377 e. The van der Waals surface area contributed by atoms with Gasteiger partial charge < -0.3 is 9.88 Å². The van der Waals surface area contributed by atoms with E-state index in [9.17, 15) is 4.57 Å². The first-order chi connectivity index (χ1) is 20.2. The average molecular weight is 548 g/mol. The molecule has 6 aromatic rings. The van der Waals surface area contributed by atoms with Gasteiger partial charge >= 0.3 is 0 Å². The maximum atomic E-state index is 14.7. The number of anilines is 1. The first-order valence-electron chi connectivity index (χ1n) is 14.0. The van der Waals surface area contributed by atoms with E-state index in [-0.39, 0.29) is 0 Å². The van der Waals surface area contributed by atoms with Gasteiger partial charge in [0.05, 0.1) is 11.7 Å². The molecule has 0 spiro atoms. The summed E-state index contributed by atoms with van der Waals surface area (Å²) in [6, 6.07) is 56.7. The Morgan fingerprint density at radius 3 is 1.51 bits per heavy atom. The molecular formula is C38H30NOP. The van der Waals surface area contributed by atoms with Crippen LogP contribution in [0.3, 0.4) is 0 Å². The third kappa shape index (κ3) is 4.15. The van der Waals surface area contributed by atoms with Crippen molar-refractivity contribution >= 4 is 23.4 Å². The molecule has 0 unspecified atom stereocenters. The van der Waals surface area contributed by atoms with Crippen LogP contribution in [0.5, 0.6) is 0 Å². The van der Waals surface area contributed by atoms with Crippen molar-refractivity contribution < 1.29 is 4.57 Å². The smallest absolute Gasteiger partial charge is 0.161 e. The predicted octanol–water partition coefficient (Wildman–Crippen LogP) is 8.43. The van der Waals surface area contributed by atoms with E-state index in [2.05, 4.69) is 108 Å². The summed E-state index contributed by atoms with van der Waals surface area (Å²) in [5, 5.41) is 5.33. The van der Waals surface area contributed by atoms with Gasteiger partial charge in [-0.3, -0.25) is 0 Å². The molecule has 2 nitrogen and oxygen atoms in total. The minimum absolute atomic E-state index is 0.330. The Morgan fingerprint density at radius 2 is 0.951 bits per heavy atom. The van der Waals surface area contributed by atoms with Gasteiger partial charge in [-0.05, 0) is 45.5 Å². The highest BCUT2D eigenvalue weighted by Crippen LogP contribution is 2.56. The Morgan fingerprint density at radius 1 is 0.488 bits per heavy atom. The molecule has 6 aromatic carbocycles. The Hall–Kier alpha value is -4.65. The van der Waals surface area contributed by atoms with Crippen LogP contribution in [0.1, 0.15) is 22.3 Å². The van der Waals surface area contributed by atoms with Crippen LogP contribution in [-0.2, 0) is 9.98 Å². The third-order valence-electron chi connectivity index (χ3n) is 8.31. The molecule has 0 bridgehead atoms. The summed E-state index contributed by atoms with van der Waals surface area (Å²) in [7, 11) is -2.93. The van der Waals surface area contributed by atoms with Crippen molar-refractivity contribution in [2.24, 2.45) is 0 Å². The SMILES string of the molecule is O=P(CNc1ccc2c(c1)C(c1ccccc1)(c1ccccc1)c1ccccc1-2)(c1ccccc1)c1ccccc1. The molecule has 0 saturated heterocycles. The second kappa shape index (κ2) is 10.4. The number of hydrogen-bond donors (Lipinski definition) is 1. The van der Waals surface area contributed by atoms with E-state index in [1.54, 1.807) is 0 Å². The maximum absolute atomic E-state index is 14.7. The normalized spacial score (nSPS) is 13.3. The van der Waals surface area contributed by atoms with Gasteiger partial charge in [-0.1, -0.05) is 152 Å². The van der Waals surface area contributed by atoms with E-state index < -0.39 is 12.6 Å². The van der Waals surface area contributed by atoms with Gasteiger partial charge in [-0.2, -0.15) is 0 Å². The molecule has 0 aromatic heterocycles. The fourth-order valence-corrected chi connectivity index (χ4v) is 8.80. The minimum atomic E-state index is -2.93. The Balaban J connectivity index is 1.38. The number of benzene rings is 6. The molecule has 7 rings (SSSR count). The highest BCUT2D eigenvalue weighted by atomic mass is 31.2. The van der Waals surface area contributed by atoms with E-state index in [0.717, 1.165) is 16.3 Å². The molecule has 1 aliphatic rings. The van der Waals surface area contributed by atoms with Crippen LogP contribution in [-0.4, -0.2) is 6.29 Å². The van der Waals surface area contributed by atoms with Crippen molar-refractivity contribution in [3.63, 3.8) is 0 Å². The lowest BCUT2D eigenvalue weighted by Crippen LogP contribution is -2.28. The Bertz CT molecular complexity index is 1770. The van der Waals surface area contributed by atoms with E-state index in [4.69, 9.17) is 0 Å². The topological polar surface area (TPSA) is 29.1 Å². The number of rotatable bonds is 7. The first-order valence-corrected chi connectivity index (χ1v) is 15.9. The number of hydrogen-bond acceptors (Lipinski definition) is 2. The second-order valence-electron chi connectivity index (χ2n) is 10.5. The molecule has 0 aliphatic heterocycles. The maximum Gasteiger partial charge on any atom is 0.161 e. The van der Waals surface area contributed by atoms with E-state index in [0.29, 0.717) is 6.29 Å². The van der Waals surface area contributed by atoms with Gasteiger partial charge in [0, 0.05) is 16.3 Å². The van der Waals surface area contributed by atoms with Gasteiger partial charge in [0.15, 0.2) is 7.14 Å². The Kier molecular flexibility index (Phi) is 6.42. The summed E-state index contributed by atoms with van der Waals surface area (Å²) in [6.07, 6.45) is 0.330. The minimum Gasteiger partial charge on any atom is -0.377 e. The van der Waals surface area contributed by atoms with Gasteiger partial charge in [0.2, 0.25) is 0 Å². The average Bonchev–Trinajstić information content (AvgIpc) is 3.36. The number of fused-ring (bicyclic) bond motifs is 3. The Labute approximate surface area is 241 Å². The lowest BCUT2D eigenvalue weighted by atomic mass is 9.67. The second-order valence-corrected chi connectivity index (χ2v) is 13.4. The molecule has 198 valence electrons. The quantitative estimate of drug-likeness (QED) is 0.203. The van der Waals surface area contributed by atoms with Crippen LogP contribution >= 0.6 is 7.14 Å². The summed E-state index contributed by atoms with van der Waals surface area (Å²) < 4.78 is 14.7. The monoisotopic (exact) mass is 547 g/mol. The molecular weight excluding hydrogens is 517 g/mol. The molecule has 0 amide bonds. The van der Waals surface area contributed by atoms with Crippen molar-refractivity contribution in [2.75, 3.05) is 11.6 Å². The van der Waals surface area contributed by atoms with Crippen LogP contribution < -0.4 is 15.9 Å². The highest BCUT2D eigenvalue weighted by Gasteiger charge is 2.46. The summed E-state index contributed by atoms with van der Waals surface area (Å²) in [5.74, 6) is 0. The standard InChI is InChI=1S/C38H30NOP/c40-41(32-19-9-3-10-20-32,33-21-11-4-12-22-33)28-39-31-25-26-35-34-23-13-14-24-36(34)38(37(35)27-31,29-15-5-1-6-16-29)30-17-7-2-8-18-30/h1-27,39H,28H2. The molecule has 0 radical (unpaired) electrons. The molecule has 3 heteroatoms. The number of nitrogens with one attached hydrogen (secondary N) is 1. The predicted molar refractivity (Wildman–Crippen MR) is 172 cm³/mol. The van der Waals surface area contributed by atoms with Crippen LogP contribution in [0.15, 0.2) is 164 Å². The van der Waals surface area contributed by atoms with Gasteiger partial charge in [-0.15, -0.1) is 0 Å². The third-order valence-corrected chi connectivity index (χ3v) is 11.2. The molecule has 0 atom stereocenters. The summed E-state index contributed by atoms with van der Waals surface area (Å²) >= 11 is 0. The summed E-state index contributed by atoms with van der Waals surface area (Å²) in [5.41, 5.74) is 7.95. The lowest BCUT2D eigenvalue weighted by Gasteiger charge is -2.34. The van der Waals surface area contributed by atoms with Gasteiger partial charge in [-0.25, -0.2) is 0 Å². The van der Waals surface area contributed by atoms with Crippen LogP contribution in [0.4, 0.5) is 5.69 Å². The van der Waals surface area contributed by atoms with Crippen molar-refractivity contribution in [1.82, 2.24) is 0 Å². The molecule has 41 heavy (non-hydrogen) atoms. The highest BCUT2D eigenvalue weighted by molar-refractivity contribution is 7.78. The molecule has 1 aliphatic carbocycles. The summed E-state index contributed by atoms with van der Waals surface area (Å²) in [4.78, 5) is 0. The van der Waals surface area contributed by atoms with Crippen LogP contribution in [0, 0.1) is 0 Å². The molecule has 1 N–H and O–H groups in total. The molecule has 0 saturated carbocycles. The van der Waals surface area contributed by atoms with Gasteiger partial charge in [0.25, 0.3) is 0 Å².